The van der Waals surface area contributed by atoms with Gasteiger partial charge in [-0.3, -0.25) is 14.6 Å². The van der Waals surface area contributed by atoms with Crippen molar-refractivity contribution in [1.29, 1.82) is 0 Å². The van der Waals surface area contributed by atoms with Gasteiger partial charge in [0.2, 0.25) is 0 Å². The molecule has 4 heterocycles. The predicted octanol–water partition coefficient (Wildman–Crippen LogP) is 4.42. The van der Waals surface area contributed by atoms with Crippen LogP contribution in [0.1, 0.15) is 64.6 Å². The van der Waals surface area contributed by atoms with Crippen LogP contribution in [0.3, 0.4) is 0 Å². The summed E-state index contributed by atoms with van der Waals surface area (Å²) in [6.07, 6.45) is -2.13. The van der Waals surface area contributed by atoms with Crippen LogP contribution in [0, 0.1) is 0 Å². The van der Waals surface area contributed by atoms with Gasteiger partial charge in [0.25, 0.3) is 5.91 Å². The van der Waals surface area contributed by atoms with E-state index in [9.17, 15) is 27.9 Å². The second kappa shape index (κ2) is 10.0. The Balaban J connectivity index is 1.23. The molecule has 0 atom stereocenters. The van der Waals surface area contributed by atoms with Crippen molar-refractivity contribution in [2.75, 3.05) is 31.2 Å². The van der Waals surface area contributed by atoms with Crippen LogP contribution in [0.2, 0.25) is 0 Å². The maximum atomic E-state index is 14.4. The van der Waals surface area contributed by atoms with Gasteiger partial charge in [-0.25, -0.2) is 4.79 Å². The number of anilines is 1. The average Bonchev–Trinajstić information content (AvgIpc) is 3.48. The van der Waals surface area contributed by atoms with Crippen molar-refractivity contribution in [2.24, 2.45) is 7.05 Å². The molecule has 1 N–H and O–H groups in total. The van der Waals surface area contributed by atoms with Gasteiger partial charge >= 0.3 is 12.3 Å². The molecule has 0 unspecified atom stereocenters. The SMILES string of the molecule is Cn1cnnc1C1(c2cccc(N3Cc4c(cc(CN(C(=O)O)C5(C)CCC5)cc4C(F)(F)F)C3=O)c2)CN(C2COC2)C1. The maximum Gasteiger partial charge on any atom is 0.416 e. The number of hydrogen-bond donors (Lipinski definition) is 1. The minimum absolute atomic E-state index is 0.0489. The number of nitrogens with zero attached hydrogens (tertiary/aromatic N) is 6. The Morgan fingerprint density at radius 1 is 1.18 bits per heavy atom. The van der Waals surface area contributed by atoms with E-state index in [1.165, 1.54) is 15.9 Å². The number of carbonyl (C=O) groups excluding carboxylic acids is 1. The van der Waals surface area contributed by atoms with Crippen molar-refractivity contribution >= 4 is 17.7 Å². The standard InChI is InChI=1S/C31H33F3N6O4/c1-29(7-4-8-29)40(28(42)43)12-19-9-23-24(25(10-19)31(32,33)34)13-39(26(23)41)21-6-3-5-20(11-21)30(27-36-35-18-37(27)2)16-38(17-30)22-14-44-15-22/h3,5-6,9-11,18,22H,4,7-8,12-17H2,1-2H3,(H,42,43). The number of carbonyl (C=O) groups is 2. The molecule has 1 aromatic heterocycles. The minimum Gasteiger partial charge on any atom is -0.465 e. The lowest BCUT2D eigenvalue weighted by molar-refractivity contribution is -0.138. The molecule has 10 nitrogen and oxygen atoms in total. The van der Waals surface area contributed by atoms with Gasteiger partial charge in [-0.15, -0.1) is 10.2 Å². The number of likely N-dealkylation sites (tertiary alicyclic amines) is 1. The molecule has 2 aromatic carbocycles. The second-order valence-corrected chi connectivity index (χ2v) is 12.8. The minimum atomic E-state index is -4.72. The quantitative estimate of drug-likeness (QED) is 0.423. The summed E-state index contributed by atoms with van der Waals surface area (Å²) in [6, 6.07) is 10.1. The fraction of sp³-hybridized carbons (Fsp3) is 0.484. The molecular formula is C31H33F3N6O4. The molecule has 2 amide bonds. The van der Waals surface area contributed by atoms with E-state index < -0.39 is 34.7 Å². The van der Waals surface area contributed by atoms with Gasteiger partial charge in [0.15, 0.2) is 0 Å². The van der Waals surface area contributed by atoms with Crippen molar-refractivity contribution in [3.05, 3.63) is 76.4 Å². The molecular weight excluding hydrogens is 577 g/mol. The molecule has 3 fully saturated rings. The molecule has 1 saturated carbocycles. The predicted molar refractivity (Wildman–Crippen MR) is 152 cm³/mol. The highest BCUT2D eigenvalue weighted by atomic mass is 19.4. The molecule has 232 valence electrons. The monoisotopic (exact) mass is 610 g/mol. The van der Waals surface area contributed by atoms with E-state index in [2.05, 4.69) is 15.1 Å². The molecule has 44 heavy (non-hydrogen) atoms. The van der Waals surface area contributed by atoms with Crippen molar-refractivity contribution in [1.82, 2.24) is 24.6 Å². The fourth-order valence-electron chi connectivity index (χ4n) is 7.13. The number of aromatic nitrogens is 3. The first kappa shape index (κ1) is 28.8. The number of alkyl halides is 3. The first-order chi connectivity index (χ1) is 20.9. The summed E-state index contributed by atoms with van der Waals surface area (Å²) in [5, 5.41) is 18.4. The Labute approximate surface area is 252 Å². The summed E-state index contributed by atoms with van der Waals surface area (Å²) in [5.41, 5.74) is -0.673. The lowest BCUT2D eigenvalue weighted by atomic mass is 9.71. The summed E-state index contributed by atoms with van der Waals surface area (Å²) in [6.45, 7) is 4.02. The molecule has 7 rings (SSSR count). The molecule has 13 heteroatoms. The van der Waals surface area contributed by atoms with E-state index in [-0.39, 0.29) is 29.8 Å². The summed E-state index contributed by atoms with van der Waals surface area (Å²) < 4.78 is 50.5. The number of halogens is 3. The lowest BCUT2D eigenvalue weighted by Crippen LogP contribution is -2.67. The number of benzene rings is 2. The zero-order valence-corrected chi connectivity index (χ0v) is 24.5. The van der Waals surface area contributed by atoms with E-state index >= 15 is 0 Å². The summed E-state index contributed by atoms with van der Waals surface area (Å²) in [7, 11) is 1.88. The summed E-state index contributed by atoms with van der Waals surface area (Å²) >= 11 is 0. The van der Waals surface area contributed by atoms with Crippen LogP contribution < -0.4 is 4.90 Å². The molecule has 0 radical (unpaired) electrons. The second-order valence-electron chi connectivity index (χ2n) is 12.8. The smallest absolute Gasteiger partial charge is 0.416 e. The van der Waals surface area contributed by atoms with E-state index in [1.807, 2.05) is 29.8 Å². The average molecular weight is 611 g/mol. The zero-order valence-electron chi connectivity index (χ0n) is 24.5. The van der Waals surface area contributed by atoms with Crippen LogP contribution in [0.4, 0.5) is 23.7 Å². The normalized spacial score (nSPS) is 20.9. The topological polar surface area (TPSA) is 104 Å². The first-order valence-corrected chi connectivity index (χ1v) is 14.7. The van der Waals surface area contributed by atoms with Crippen molar-refractivity contribution < 1.29 is 32.6 Å². The number of amides is 2. The molecule has 2 saturated heterocycles. The fourth-order valence-corrected chi connectivity index (χ4v) is 7.13. The van der Waals surface area contributed by atoms with Gasteiger partial charge in [0.1, 0.15) is 12.2 Å². The highest BCUT2D eigenvalue weighted by Crippen LogP contribution is 2.45. The van der Waals surface area contributed by atoms with Gasteiger partial charge in [-0.1, -0.05) is 12.1 Å². The van der Waals surface area contributed by atoms with Gasteiger partial charge in [-0.05, 0) is 67.1 Å². The summed E-state index contributed by atoms with van der Waals surface area (Å²) in [5.74, 6) is 0.227. The molecule has 1 aliphatic carbocycles. The Bertz CT molecular complexity index is 1640. The molecule has 0 spiro atoms. The van der Waals surface area contributed by atoms with Crippen molar-refractivity contribution in [3.8, 4) is 0 Å². The highest BCUT2D eigenvalue weighted by Gasteiger charge is 2.52. The Morgan fingerprint density at radius 3 is 2.50 bits per heavy atom. The van der Waals surface area contributed by atoms with Crippen LogP contribution in [-0.2, 0) is 36.5 Å². The lowest BCUT2D eigenvalue weighted by Gasteiger charge is -2.54. The third kappa shape index (κ3) is 4.47. The van der Waals surface area contributed by atoms with E-state index in [0.29, 0.717) is 50.9 Å². The van der Waals surface area contributed by atoms with E-state index in [0.717, 1.165) is 23.9 Å². The van der Waals surface area contributed by atoms with E-state index in [1.54, 1.807) is 19.3 Å². The number of ether oxygens (including phenoxy) is 1. The van der Waals surface area contributed by atoms with Gasteiger partial charge in [0, 0.05) is 43.5 Å². The Hall–Kier alpha value is -3.97. The first-order valence-electron chi connectivity index (χ1n) is 14.7. The molecule has 3 aliphatic heterocycles. The molecule has 4 aliphatic rings. The van der Waals surface area contributed by atoms with Gasteiger partial charge < -0.3 is 19.3 Å². The van der Waals surface area contributed by atoms with Crippen LogP contribution in [-0.4, -0.2) is 79.6 Å². The Morgan fingerprint density at radius 2 is 1.93 bits per heavy atom. The largest absolute Gasteiger partial charge is 0.465 e. The summed E-state index contributed by atoms with van der Waals surface area (Å²) in [4.78, 5) is 30.8. The van der Waals surface area contributed by atoms with Crippen molar-refractivity contribution in [2.45, 2.75) is 62.4 Å². The van der Waals surface area contributed by atoms with Crippen LogP contribution in [0.15, 0.2) is 42.7 Å². The number of hydrogen-bond acceptors (Lipinski definition) is 6. The van der Waals surface area contributed by atoms with Crippen LogP contribution >= 0.6 is 0 Å². The van der Waals surface area contributed by atoms with Gasteiger partial charge in [0.05, 0.1) is 36.8 Å². The number of fused-ring (bicyclic) bond motifs is 1. The number of rotatable bonds is 7. The molecule has 0 bridgehead atoms. The maximum absolute atomic E-state index is 14.4. The number of carboxylic acid groups (broad SMARTS) is 1. The van der Waals surface area contributed by atoms with Gasteiger partial charge in [-0.2, -0.15) is 13.2 Å². The van der Waals surface area contributed by atoms with Crippen LogP contribution in [0.5, 0.6) is 0 Å². The van der Waals surface area contributed by atoms with Crippen molar-refractivity contribution in [3.63, 3.8) is 0 Å². The van der Waals surface area contributed by atoms with Crippen LogP contribution in [0.25, 0.3) is 0 Å². The Kier molecular flexibility index (Phi) is 6.56. The van der Waals surface area contributed by atoms with E-state index in [4.69, 9.17) is 4.74 Å². The molecule has 3 aromatic rings. The third-order valence-electron chi connectivity index (χ3n) is 9.99. The highest BCUT2D eigenvalue weighted by molar-refractivity contribution is 6.10. The number of aryl methyl sites for hydroxylation is 1. The third-order valence-corrected chi connectivity index (χ3v) is 9.99. The zero-order chi connectivity index (χ0) is 31.0.